The lowest BCUT2D eigenvalue weighted by Crippen LogP contribution is -2.68. The van der Waals surface area contributed by atoms with Crippen molar-refractivity contribution in [2.75, 3.05) is 13.2 Å². The van der Waals surface area contributed by atoms with E-state index in [0.29, 0.717) is 18.1 Å². The van der Waals surface area contributed by atoms with Crippen molar-refractivity contribution in [1.82, 2.24) is 10.2 Å². The molecule has 0 radical (unpaired) electrons. The second-order valence-electron chi connectivity index (χ2n) is 9.22. The Bertz CT molecular complexity index is 472. The molecule has 2 amide bonds. The van der Waals surface area contributed by atoms with Gasteiger partial charge in [0.2, 0.25) is 0 Å². The summed E-state index contributed by atoms with van der Waals surface area (Å²) in [7, 11) is 0. The molecule has 1 N–H and O–H groups in total. The van der Waals surface area contributed by atoms with Gasteiger partial charge in [0.25, 0.3) is 0 Å². The minimum absolute atomic E-state index is 0.0788. The van der Waals surface area contributed by atoms with Crippen LogP contribution in [-0.4, -0.2) is 42.3 Å². The monoisotopic (exact) mass is 334 g/mol. The molecule has 4 fully saturated rings. The van der Waals surface area contributed by atoms with Gasteiger partial charge in [0.1, 0.15) is 0 Å². The van der Waals surface area contributed by atoms with E-state index in [1.165, 1.54) is 51.4 Å². The number of amides is 2. The number of likely N-dealkylation sites (tertiary alicyclic amines) is 1. The fraction of sp³-hybridized carbons (Fsp3) is 0.950. The number of hydrogen-bond acceptors (Lipinski definition) is 2. The van der Waals surface area contributed by atoms with Crippen LogP contribution in [0.4, 0.5) is 4.79 Å². The van der Waals surface area contributed by atoms with E-state index in [-0.39, 0.29) is 17.5 Å². The zero-order valence-corrected chi connectivity index (χ0v) is 15.4. The molecule has 4 rings (SSSR count). The first kappa shape index (κ1) is 16.7. The van der Waals surface area contributed by atoms with Crippen molar-refractivity contribution in [2.45, 2.75) is 89.8 Å². The van der Waals surface area contributed by atoms with Gasteiger partial charge in [0.05, 0.1) is 6.10 Å². The number of urea groups is 1. The first-order valence-electron chi connectivity index (χ1n) is 10.3. The molecule has 2 aliphatic heterocycles. The zero-order chi connectivity index (χ0) is 16.7. The molecule has 0 aromatic rings. The van der Waals surface area contributed by atoms with Crippen LogP contribution in [0.1, 0.15) is 71.6 Å². The van der Waals surface area contributed by atoms with E-state index in [4.69, 9.17) is 4.74 Å². The van der Waals surface area contributed by atoms with Crippen molar-refractivity contribution in [1.29, 1.82) is 0 Å². The van der Waals surface area contributed by atoms with Gasteiger partial charge in [0.15, 0.2) is 0 Å². The van der Waals surface area contributed by atoms with E-state index in [1.54, 1.807) is 0 Å². The van der Waals surface area contributed by atoms with E-state index < -0.39 is 0 Å². The number of nitrogens with zero attached hydrogens (tertiary/aromatic N) is 1. The highest BCUT2D eigenvalue weighted by Crippen LogP contribution is 2.52. The van der Waals surface area contributed by atoms with E-state index in [9.17, 15) is 4.79 Å². The molecule has 136 valence electrons. The maximum Gasteiger partial charge on any atom is 0.317 e. The molecule has 2 heterocycles. The number of hydrogen-bond donors (Lipinski definition) is 1. The third kappa shape index (κ3) is 2.85. The number of nitrogens with one attached hydrogen (secondary N) is 1. The summed E-state index contributed by atoms with van der Waals surface area (Å²) in [4.78, 5) is 15.1. The van der Waals surface area contributed by atoms with Crippen molar-refractivity contribution >= 4 is 6.03 Å². The summed E-state index contributed by atoms with van der Waals surface area (Å²) in [6.45, 7) is 6.29. The second kappa shape index (κ2) is 6.51. The van der Waals surface area contributed by atoms with Crippen LogP contribution < -0.4 is 5.32 Å². The van der Waals surface area contributed by atoms with Crippen LogP contribution in [0.5, 0.6) is 0 Å². The quantitative estimate of drug-likeness (QED) is 0.849. The van der Waals surface area contributed by atoms with Crippen LogP contribution in [0.3, 0.4) is 0 Å². The molecular formula is C20H34N2O2. The van der Waals surface area contributed by atoms with Gasteiger partial charge in [0, 0.05) is 36.6 Å². The predicted molar refractivity (Wildman–Crippen MR) is 94.9 cm³/mol. The number of ether oxygens (including phenoxy) is 1. The van der Waals surface area contributed by atoms with Crippen molar-refractivity contribution in [3.05, 3.63) is 0 Å². The Morgan fingerprint density at radius 3 is 2.71 bits per heavy atom. The molecule has 0 spiro atoms. The van der Waals surface area contributed by atoms with Crippen molar-refractivity contribution < 1.29 is 9.53 Å². The van der Waals surface area contributed by atoms with Crippen LogP contribution in [-0.2, 0) is 4.74 Å². The standard InChI is InChI=1S/C20H34N2O2/c1-20(2)17(16-10-12-24-18(16)20)21-19(23)22-11-6-9-15(22)13-14-7-4-3-5-8-14/h14-18H,3-13H2,1-2H3,(H,21,23). The molecule has 4 unspecified atom stereocenters. The van der Waals surface area contributed by atoms with E-state index in [2.05, 4.69) is 24.1 Å². The summed E-state index contributed by atoms with van der Waals surface area (Å²) in [5.74, 6) is 1.38. The van der Waals surface area contributed by atoms with Gasteiger partial charge in [-0.1, -0.05) is 46.0 Å². The summed E-state index contributed by atoms with van der Waals surface area (Å²) in [6.07, 6.45) is 12.0. The van der Waals surface area contributed by atoms with Gasteiger partial charge in [-0.3, -0.25) is 0 Å². The number of rotatable bonds is 3. The van der Waals surface area contributed by atoms with Gasteiger partial charge in [-0.05, 0) is 31.6 Å². The van der Waals surface area contributed by atoms with E-state index in [0.717, 1.165) is 25.5 Å². The Balaban J connectivity index is 1.35. The minimum atomic E-state index is 0.0788. The Hall–Kier alpha value is -0.770. The molecule has 4 nitrogen and oxygen atoms in total. The van der Waals surface area contributed by atoms with E-state index >= 15 is 0 Å². The lowest BCUT2D eigenvalue weighted by atomic mass is 9.57. The maximum atomic E-state index is 13.0. The molecule has 2 aliphatic carbocycles. The Labute approximate surface area is 146 Å². The molecule has 2 saturated carbocycles. The molecule has 0 aromatic carbocycles. The highest BCUT2D eigenvalue weighted by molar-refractivity contribution is 5.75. The summed E-state index contributed by atoms with van der Waals surface area (Å²) in [5.41, 5.74) is 0.0788. The fourth-order valence-electron chi connectivity index (χ4n) is 5.99. The van der Waals surface area contributed by atoms with Crippen molar-refractivity contribution in [2.24, 2.45) is 17.3 Å². The fourth-order valence-corrected chi connectivity index (χ4v) is 5.99. The third-order valence-corrected chi connectivity index (χ3v) is 7.35. The van der Waals surface area contributed by atoms with Crippen LogP contribution >= 0.6 is 0 Å². The van der Waals surface area contributed by atoms with Crippen LogP contribution in [0.15, 0.2) is 0 Å². The molecule has 4 aliphatic rings. The summed E-state index contributed by atoms with van der Waals surface area (Å²) < 4.78 is 5.86. The molecule has 4 atom stereocenters. The maximum absolute atomic E-state index is 13.0. The first-order chi connectivity index (χ1) is 11.6. The smallest absolute Gasteiger partial charge is 0.317 e. The van der Waals surface area contributed by atoms with Crippen LogP contribution in [0, 0.1) is 17.3 Å². The normalized spacial score (nSPS) is 38.7. The summed E-state index contributed by atoms with van der Waals surface area (Å²) in [5, 5.41) is 3.39. The number of fused-ring (bicyclic) bond motifs is 1. The SMILES string of the molecule is CC1(C)C(NC(=O)N2CCCC2CC2CCCCC2)C2CCOC21. The van der Waals surface area contributed by atoms with Gasteiger partial charge < -0.3 is 15.0 Å². The molecule has 2 saturated heterocycles. The van der Waals surface area contributed by atoms with Crippen LogP contribution in [0.25, 0.3) is 0 Å². The highest BCUT2D eigenvalue weighted by atomic mass is 16.5. The lowest BCUT2D eigenvalue weighted by Gasteiger charge is -2.54. The molecule has 0 aromatic heterocycles. The lowest BCUT2D eigenvalue weighted by molar-refractivity contribution is -0.109. The van der Waals surface area contributed by atoms with Gasteiger partial charge >= 0.3 is 6.03 Å². The predicted octanol–water partition coefficient (Wildman–Crippen LogP) is 3.94. The second-order valence-corrected chi connectivity index (χ2v) is 9.22. The Morgan fingerprint density at radius 2 is 1.92 bits per heavy atom. The average molecular weight is 335 g/mol. The topological polar surface area (TPSA) is 41.6 Å². The molecule has 0 bridgehead atoms. The van der Waals surface area contributed by atoms with Crippen molar-refractivity contribution in [3.63, 3.8) is 0 Å². The third-order valence-electron chi connectivity index (χ3n) is 7.35. The van der Waals surface area contributed by atoms with E-state index in [1.807, 2.05) is 0 Å². The van der Waals surface area contributed by atoms with Crippen LogP contribution in [0.2, 0.25) is 0 Å². The molecule has 4 heteroatoms. The Kier molecular flexibility index (Phi) is 4.53. The summed E-state index contributed by atoms with van der Waals surface area (Å²) >= 11 is 0. The van der Waals surface area contributed by atoms with Gasteiger partial charge in [-0.25, -0.2) is 4.79 Å². The largest absolute Gasteiger partial charge is 0.377 e. The Morgan fingerprint density at radius 1 is 1.12 bits per heavy atom. The minimum Gasteiger partial charge on any atom is -0.377 e. The van der Waals surface area contributed by atoms with Gasteiger partial charge in [-0.2, -0.15) is 0 Å². The molecule has 24 heavy (non-hydrogen) atoms. The van der Waals surface area contributed by atoms with Gasteiger partial charge in [-0.15, -0.1) is 0 Å². The first-order valence-corrected chi connectivity index (χ1v) is 10.3. The highest BCUT2D eigenvalue weighted by Gasteiger charge is 2.60. The molecular weight excluding hydrogens is 300 g/mol. The number of carbonyl (C=O) groups excluding carboxylic acids is 1. The summed E-state index contributed by atoms with van der Waals surface area (Å²) in [6, 6.07) is 0.956. The van der Waals surface area contributed by atoms with Crippen molar-refractivity contribution in [3.8, 4) is 0 Å². The average Bonchev–Trinajstić information content (AvgIpc) is 3.21. The number of carbonyl (C=O) groups is 1. The zero-order valence-electron chi connectivity index (χ0n) is 15.4.